The molecule has 0 unspecified atom stereocenters. The van der Waals surface area contributed by atoms with Gasteiger partial charge in [-0.25, -0.2) is 0 Å². The molecule has 1 rings (SSSR count). The molecule has 0 aliphatic carbocycles. The second kappa shape index (κ2) is 2.87. The summed E-state index contributed by atoms with van der Waals surface area (Å²) < 4.78 is 8.82. The lowest BCUT2D eigenvalue weighted by Gasteiger charge is -2.13. The van der Waals surface area contributed by atoms with Crippen LogP contribution in [-0.2, 0) is 4.74 Å². The largest absolute Gasteiger partial charge is 0.405 e. The number of halogens is 1. The van der Waals surface area contributed by atoms with E-state index in [9.17, 15) is 0 Å². The molecule has 0 amide bonds. The number of ether oxygens (including phenoxy) is 1. The average molecular weight is 233 g/mol. The van der Waals surface area contributed by atoms with Crippen LogP contribution in [0.25, 0.3) is 0 Å². The molecule has 0 saturated heterocycles. The Kier molecular flexibility index (Phi) is 2.34. The molecular weight excluding hydrogens is 218 g/mol. The van der Waals surface area contributed by atoms with Crippen molar-refractivity contribution in [2.24, 2.45) is 0 Å². The maximum atomic E-state index is 5.63. The van der Waals surface area contributed by atoms with Crippen molar-refractivity contribution in [1.82, 2.24) is 0 Å². The third-order valence-electron chi connectivity index (χ3n) is 2.43. The van der Waals surface area contributed by atoms with Crippen LogP contribution in [0.1, 0.15) is 27.7 Å². The van der Waals surface area contributed by atoms with Crippen molar-refractivity contribution in [3.05, 3.63) is 10.2 Å². The van der Waals surface area contributed by atoms with Gasteiger partial charge in [0.15, 0.2) is 5.76 Å². The molecule has 2 nitrogen and oxygen atoms in total. The van der Waals surface area contributed by atoms with Crippen LogP contribution >= 0.6 is 15.9 Å². The Bertz CT molecular complexity index is 272. The van der Waals surface area contributed by atoms with E-state index in [1.54, 1.807) is 0 Å². The second-order valence-corrected chi connectivity index (χ2v) is 4.79. The van der Waals surface area contributed by atoms with E-state index >= 15 is 0 Å². The molecule has 0 aromatic heterocycles. The Balaban J connectivity index is 3.17. The van der Waals surface area contributed by atoms with E-state index in [0.29, 0.717) is 0 Å². The van der Waals surface area contributed by atoms with Gasteiger partial charge in [0.2, 0.25) is 5.54 Å². The molecule has 1 aliphatic rings. The summed E-state index contributed by atoms with van der Waals surface area (Å²) in [7, 11) is 2.04. The predicted molar refractivity (Wildman–Crippen MR) is 53.7 cm³/mol. The summed E-state index contributed by atoms with van der Waals surface area (Å²) in [5.41, 5.74) is -0.0301. The summed E-state index contributed by atoms with van der Waals surface area (Å²) >= 11 is 3.45. The topological polar surface area (TPSA) is 12.2 Å². The Labute approximate surface area is 82.0 Å². The fourth-order valence-corrected chi connectivity index (χ4v) is 1.94. The molecule has 1 aliphatic heterocycles. The van der Waals surface area contributed by atoms with Crippen LogP contribution in [0.15, 0.2) is 10.2 Å². The Hall–Kier alpha value is -0.310. The molecule has 0 N–H and O–H groups in total. The molecule has 0 fully saturated rings. The van der Waals surface area contributed by atoms with Gasteiger partial charge in [-0.2, -0.15) is 4.58 Å². The quantitative estimate of drug-likeness (QED) is 0.585. The zero-order valence-corrected chi connectivity index (χ0v) is 9.82. The van der Waals surface area contributed by atoms with E-state index in [0.717, 1.165) is 16.1 Å². The third-order valence-corrected chi connectivity index (χ3v) is 2.79. The van der Waals surface area contributed by atoms with Crippen LogP contribution in [0.3, 0.4) is 0 Å². The summed E-state index contributed by atoms with van der Waals surface area (Å²) in [6.07, 6.45) is 0. The van der Waals surface area contributed by atoms with E-state index in [-0.39, 0.29) is 5.54 Å². The van der Waals surface area contributed by atoms with Crippen molar-refractivity contribution in [3.63, 3.8) is 0 Å². The van der Waals surface area contributed by atoms with Crippen molar-refractivity contribution < 1.29 is 9.31 Å². The summed E-state index contributed by atoms with van der Waals surface area (Å²) in [4.78, 5) is 0. The third kappa shape index (κ3) is 1.30. The first kappa shape index (κ1) is 9.78. The zero-order chi connectivity index (χ0) is 9.52. The van der Waals surface area contributed by atoms with E-state index in [4.69, 9.17) is 4.74 Å². The smallest absolute Gasteiger partial charge is 0.339 e. The van der Waals surface area contributed by atoms with Gasteiger partial charge in [0.1, 0.15) is 7.05 Å². The van der Waals surface area contributed by atoms with Crippen LogP contribution in [-0.4, -0.2) is 23.1 Å². The van der Waals surface area contributed by atoms with E-state index in [2.05, 4.69) is 34.4 Å². The molecule has 0 spiro atoms. The fourth-order valence-electron chi connectivity index (χ4n) is 1.38. The first-order valence-electron chi connectivity index (χ1n) is 3.99. The maximum absolute atomic E-state index is 5.63. The number of rotatable bonds is 0. The minimum absolute atomic E-state index is 0.0301. The summed E-state index contributed by atoms with van der Waals surface area (Å²) in [6, 6.07) is 0. The number of nitrogens with zero attached hydrogens (tertiary/aromatic N) is 1. The number of hydrogen-bond donors (Lipinski definition) is 0. The van der Waals surface area contributed by atoms with Crippen LogP contribution in [0, 0.1) is 0 Å². The zero-order valence-electron chi connectivity index (χ0n) is 8.23. The first-order valence-corrected chi connectivity index (χ1v) is 4.78. The van der Waals surface area contributed by atoms with Crippen LogP contribution in [0.2, 0.25) is 0 Å². The van der Waals surface area contributed by atoms with Gasteiger partial charge in [-0.05, 0) is 6.92 Å². The van der Waals surface area contributed by atoms with Crippen LogP contribution < -0.4 is 0 Å². The second-order valence-electron chi connectivity index (χ2n) is 3.60. The standard InChI is InChI=1S/C9H15BrNO/c1-6(10)8-9(3,4)11(5)7(2)12-8/h1-5H3/q+1. The molecule has 0 aromatic carbocycles. The van der Waals surface area contributed by atoms with Gasteiger partial charge in [-0.1, -0.05) is 15.9 Å². The average Bonchev–Trinajstić information content (AvgIpc) is 2.13. The first-order chi connectivity index (χ1) is 5.37. The van der Waals surface area contributed by atoms with Gasteiger partial charge >= 0.3 is 5.90 Å². The van der Waals surface area contributed by atoms with E-state index in [1.165, 1.54) is 0 Å². The van der Waals surface area contributed by atoms with E-state index < -0.39 is 0 Å². The molecule has 0 radical (unpaired) electrons. The van der Waals surface area contributed by atoms with E-state index in [1.807, 2.05) is 20.9 Å². The van der Waals surface area contributed by atoms with Crippen molar-refractivity contribution in [1.29, 1.82) is 0 Å². The van der Waals surface area contributed by atoms with Gasteiger partial charge in [0.25, 0.3) is 0 Å². The van der Waals surface area contributed by atoms with Gasteiger partial charge < -0.3 is 4.74 Å². The van der Waals surface area contributed by atoms with Crippen molar-refractivity contribution in [2.45, 2.75) is 33.2 Å². The van der Waals surface area contributed by atoms with Crippen LogP contribution in [0.4, 0.5) is 0 Å². The minimum atomic E-state index is -0.0301. The normalized spacial score (nSPS) is 25.8. The van der Waals surface area contributed by atoms with Crippen LogP contribution in [0.5, 0.6) is 0 Å². The van der Waals surface area contributed by atoms with Crippen molar-refractivity contribution >= 4 is 21.8 Å². The molecule has 0 atom stereocenters. The predicted octanol–water partition coefficient (Wildman–Crippen LogP) is 2.48. The maximum Gasteiger partial charge on any atom is 0.339 e. The van der Waals surface area contributed by atoms with Gasteiger partial charge in [0, 0.05) is 18.3 Å². The van der Waals surface area contributed by atoms with Gasteiger partial charge in [-0.15, -0.1) is 0 Å². The highest BCUT2D eigenvalue weighted by Crippen LogP contribution is 2.31. The van der Waals surface area contributed by atoms with Crippen molar-refractivity contribution in [3.8, 4) is 0 Å². The van der Waals surface area contributed by atoms with Crippen molar-refractivity contribution in [2.75, 3.05) is 7.05 Å². The number of likely N-dealkylation sites (N-methyl/N-ethyl adjacent to an activating group) is 1. The van der Waals surface area contributed by atoms with Gasteiger partial charge in [0.05, 0.1) is 6.92 Å². The molecule has 1 heterocycles. The summed E-state index contributed by atoms with van der Waals surface area (Å²) in [6.45, 7) is 8.27. The number of hydrogen-bond acceptors (Lipinski definition) is 1. The lowest BCUT2D eigenvalue weighted by atomic mass is 10.0. The Morgan fingerprint density at radius 3 is 2.17 bits per heavy atom. The van der Waals surface area contributed by atoms with Gasteiger partial charge in [-0.3, -0.25) is 0 Å². The highest BCUT2D eigenvalue weighted by Gasteiger charge is 2.44. The minimum Gasteiger partial charge on any atom is -0.405 e. The monoisotopic (exact) mass is 232 g/mol. The molecule has 0 bridgehead atoms. The molecule has 3 heteroatoms. The highest BCUT2D eigenvalue weighted by atomic mass is 79.9. The lowest BCUT2D eigenvalue weighted by molar-refractivity contribution is -0.557. The molecular formula is C9H15BrNO+. The molecule has 0 saturated carbocycles. The summed E-state index contributed by atoms with van der Waals surface area (Å²) in [5, 5.41) is 0. The Morgan fingerprint density at radius 1 is 1.50 bits per heavy atom. The molecule has 68 valence electrons. The highest BCUT2D eigenvalue weighted by molar-refractivity contribution is 9.11. The summed E-state index contributed by atoms with van der Waals surface area (Å²) in [5.74, 6) is 1.95. The number of allylic oxidation sites excluding steroid dienone is 1. The fraction of sp³-hybridized carbons (Fsp3) is 0.667. The molecule has 12 heavy (non-hydrogen) atoms. The Morgan fingerprint density at radius 2 is 2.00 bits per heavy atom. The lowest BCUT2D eigenvalue weighted by Crippen LogP contribution is -2.32. The molecule has 0 aromatic rings. The SMILES string of the molecule is CC(Br)=C1OC(C)=[N+](C)C1(C)C.